The van der Waals surface area contributed by atoms with Gasteiger partial charge < -0.3 is 10.2 Å². The standard InChI is InChI=1S/C14H26N2O/c1-11(2)16(14(17)9-12-6-7-12)10-13-5-3-4-8-15-13/h11-13,15H,3-10H2,1-2H3. The van der Waals surface area contributed by atoms with Gasteiger partial charge in [-0.1, -0.05) is 6.42 Å². The van der Waals surface area contributed by atoms with Crippen molar-refractivity contribution in [1.82, 2.24) is 10.2 Å². The number of rotatable bonds is 5. The van der Waals surface area contributed by atoms with E-state index in [-0.39, 0.29) is 0 Å². The summed E-state index contributed by atoms with van der Waals surface area (Å²) in [6.07, 6.45) is 7.12. The molecule has 2 aliphatic rings. The van der Waals surface area contributed by atoms with Crippen LogP contribution >= 0.6 is 0 Å². The van der Waals surface area contributed by atoms with Crippen molar-refractivity contribution in [3.05, 3.63) is 0 Å². The van der Waals surface area contributed by atoms with E-state index in [9.17, 15) is 4.79 Å². The highest BCUT2D eigenvalue weighted by Crippen LogP contribution is 2.33. The van der Waals surface area contributed by atoms with Gasteiger partial charge in [-0.3, -0.25) is 4.79 Å². The molecule has 2 fully saturated rings. The molecule has 3 heteroatoms. The lowest BCUT2D eigenvalue weighted by atomic mass is 10.0. The highest BCUT2D eigenvalue weighted by atomic mass is 16.2. The fraction of sp³-hybridized carbons (Fsp3) is 0.929. The molecule has 3 nitrogen and oxygen atoms in total. The van der Waals surface area contributed by atoms with Crippen molar-refractivity contribution >= 4 is 5.91 Å². The molecule has 0 bridgehead atoms. The molecule has 0 aromatic heterocycles. The van der Waals surface area contributed by atoms with Gasteiger partial charge in [-0.05, 0) is 52.0 Å². The minimum Gasteiger partial charge on any atom is -0.339 e. The molecule has 0 aromatic rings. The van der Waals surface area contributed by atoms with Crippen molar-refractivity contribution in [1.29, 1.82) is 0 Å². The van der Waals surface area contributed by atoms with Crippen LogP contribution in [-0.4, -0.2) is 36.0 Å². The molecule has 1 saturated heterocycles. The van der Waals surface area contributed by atoms with Gasteiger partial charge >= 0.3 is 0 Å². The van der Waals surface area contributed by atoms with Gasteiger partial charge in [0.25, 0.3) is 0 Å². The Morgan fingerprint density at radius 2 is 2.06 bits per heavy atom. The molecule has 2 rings (SSSR count). The van der Waals surface area contributed by atoms with Crippen molar-refractivity contribution in [3.63, 3.8) is 0 Å². The Labute approximate surface area is 105 Å². The zero-order valence-electron chi connectivity index (χ0n) is 11.2. The van der Waals surface area contributed by atoms with Gasteiger partial charge in [-0.25, -0.2) is 0 Å². The molecule has 1 aliphatic carbocycles. The van der Waals surface area contributed by atoms with Crippen LogP contribution in [0.2, 0.25) is 0 Å². The van der Waals surface area contributed by atoms with Crippen LogP contribution in [0.5, 0.6) is 0 Å². The number of carbonyl (C=O) groups excluding carboxylic acids is 1. The normalized spacial score (nSPS) is 25.0. The summed E-state index contributed by atoms with van der Waals surface area (Å²) in [6, 6.07) is 0.860. The van der Waals surface area contributed by atoms with Crippen LogP contribution in [0, 0.1) is 5.92 Å². The van der Waals surface area contributed by atoms with E-state index < -0.39 is 0 Å². The third-order valence-corrected chi connectivity index (χ3v) is 3.93. The molecule has 1 N–H and O–H groups in total. The molecule has 1 aliphatic heterocycles. The monoisotopic (exact) mass is 238 g/mol. The smallest absolute Gasteiger partial charge is 0.223 e. The molecule has 1 unspecified atom stereocenters. The molecular formula is C14H26N2O. The second-order valence-corrected chi connectivity index (χ2v) is 5.93. The quantitative estimate of drug-likeness (QED) is 0.796. The first-order valence-electron chi connectivity index (χ1n) is 7.19. The predicted octanol–water partition coefficient (Wildman–Crippen LogP) is 2.17. The summed E-state index contributed by atoms with van der Waals surface area (Å²) in [5.41, 5.74) is 0. The number of nitrogens with one attached hydrogen (secondary N) is 1. The molecule has 1 atom stereocenters. The fourth-order valence-electron chi connectivity index (χ4n) is 2.60. The van der Waals surface area contributed by atoms with Crippen molar-refractivity contribution in [2.24, 2.45) is 5.92 Å². The summed E-state index contributed by atoms with van der Waals surface area (Å²) < 4.78 is 0. The zero-order valence-corrected chi connectivity index (χ0v) is 11.2. The van der Waals surface area contributed by atoms with E-state index in [4.69, 9.17) is 0 Å². The van der Waals surface area contributed by atoms with Crippen LogP contribution in [0.4, 0.5) is 0 Å². The molecule has 1 saturated carbocycles. The topological polar surface area (TPSA) is 32.3 Å². The molecule has 98 valence electrons. The van der Waals surface area contributed by atoms with Crippen LogP contribution in [-0.2, 0) is 4.79 Å². The largest absolute Gasteiger partial charge is 0.339 e. The summed E-state index contributed by atoms with van der Waals surface area (Å²) in [7, 11) is 0. The summed E-state index contributed by atoms with van der Waals surface area (Å²) in [5.74, 6) is 1.07. The number of nitrogens with zero attached hydrogens (tertiary/aromatic N) is 1. The Kier molecular flexibility index (Phi) is 4.43. The van der Waals surface area contributed by atoms with Crippen LogP contribution < -0.4 is 5.32 Å². The van der Waals surface area contributed by atoms with Crippen molar-refractivity contribution in [3.8, 4) is 0 Å². The Hall–Kier alpha value is -0.570. The molecule has 0 aromatic carbocycles. The SMILES string of the molecule is CC(C)N(CC1CCCCN1)C(=O)CC1CC1. The van der Waals surface area contributed by atoms with E-state index in [2.05, 4.69) is 24.1 Å². The second-order valence-electron chi connectivity index (χ2n) is 5.93. The Bertz CT molecular complexity index is 255. The molecule has 1 heterocycles. The van der Waals surface area contributed by atoms with Crippen LogP contribution in [0.1, 0.15) is 52.4 Å². The van der Waals surface area contributed by atoms with E-state index in [0.29, 0.717) is 23.9 Å². The van der Waals surface area contributed by atoms with Crippen LogP contribution in [0.15, 0.2) is 0 Å². The van der Waals surface area contributed by atoms with Gasteiger partial charge in [0, 0.05) is 25.0 Å². The van der Waals surface area contributed by atoms with Crippen LogP contribution in [0.25, 0.3) is 0 Å². The zero-order chi connectivity index (χ0) is 12.3. The molecule has 1 amide bonds. The molecule has 0 radical (unpaired) electrons. The number of hydrogen-bond acceptors (Lipinski definition) is 2. The highest BCUT2D eigenvalue weighted by molar-refractivity contribution is 5.77. The number of piperidine rings is 1. The van der Waals surface area contributed by atoms with Crippen molar-refractivity contribution < 1.29 is 4.79 Å². The van der Waals surface area contributed by atoms with Crippen LogP contribution in [0.3, 0.4) is 0 Å². The van der Waals surface area contributed by atoms with Gasteiger partial charge in [0.1, 0.15) is 0 Å². The lowest BCUT2D eigenvalue weighted by Crippen LogP contribution is -2.48. The maximum Gasteiger partial charge on any atom is 0.223 e. The Morgan fingerprint density at radius 1 is 1.29 bits per heavy atom. The van der Waals surface area contributed by atoms with Gasteiger partial charge in [0.05, 0.1) is 0 Å². The van der Waals surface area contributed by atoms with E-state index in [1.54, 1.807) is 0 Å². The predicted molar refractivity (Wildman–Crippen MR) is 69.8 cm³/mol. The number of amides is 1. The number of hydrogen-bond donors (Lipinski definition) is 1. The molecule has 0 spiro atoms. The summed E-state index contributed by atoms with van der Waals surface area (Å²) in [5, 5.41) is 3.53. The summed E-state index contributed by atoms with van der Waals surface area (Å²) >= 11 is 0. The fourth-order valence-corrected chi connectivity index (χ4v) is 2.60. The van der Waals surface area contributed by atoms with Crippen molar-refractivity contribution in [2.45, 2.75) is 64.5 Å². The summed E-state index contributed by atoms with van der Waals surface area (Å²) in [4.78, 5) is 14.3. The maximum absolute atomic E-state index is 12.2. The Balaban J connectivity index is 1.83. The summed E-state index contributed by atoms with van der Waals surface area (Å²) in [6.45, 7) is 6.29. The highest BCUT2D eigenvalue weighted by Gasteiger charge is 2.29. The third kappa shape index (κ3) is 3.98. The number of carbonyl (C=O) groups is 1. The average molecular weight is 238 g/mol. The Morgan fingerprint density at radius 3 is 2.59 bits per heavy atom. The van der Waals surface area contributed by atoms with Crippen molar-refractivity contribution in [2.75, 3.05) is 13.1 Å². The van der Waals surface area contributed by atoms with Gasteiger partial charge in [0.2, 0.25) is 5.91 Å². The first-order chi connectivity index (χ1) is 8.16. The van der Waals surface area contributed by atoms with E-state index in [1.807, 2.05) is 0 Å². The van der Waals surface area contributed by atoms with E-state index in [0.717, 1.165) is 19.5 Å². The molecular weight excluding hydrogens is 212 g/mol. The third-order valence-electron chi connectivity index (χ3n) is 3.93. The molecule has 17 heavy (non-hydrogen) atoms. The lowest BCUT2D eigenvalue weighted by Gasteiger charge is -2.33. The minimum atomic E-state index is 0.338. The van der Waals surface area contributed by atoms with Gasteiger partial charge in [0.15, 0.2) is 0 Å². The first kappa shape index (κ1) is 12.9. The van der Waals surface area contributed by atoms with E-state index in [1.165, 1.54) is 32.1 Å². The van der Waals surface area contributed by atoms with E-state index >= 15 is 0 Å². The minimum absolute atomic E-state index is 0.338. The maximum atomic E-state index is 12.2. The second kappa shape index (κ2) is 5.85. The van der Waals surface area contributed by atoms with Gasteiger partial charge in [-0.15, -0.1) is 0 Å². The van der Waals surface area contributed by atoms with Gasteiger partial charge in [-0.2, -0.15) is 0 Å². The lowest BCUT2D eigenvalue weighted by molar-refractivity contribution is -0.133. The average Bonchev–Trinajstić information content (AvgIpc) is 3.10. The first-order valence-corrected chi connectivity index (χ1v) is 7.19.